The van der Waals surface area contributed by atoms with Crippen molar-refractivity contribution < 1.29 is 14.7 Å². The molecule has 0 aromatic carbocycles. The van der Waals surface area contributed by atoms with Gasteiger partial charge >= 0.3 is 12.0 Å². The van der Waals surface area contributed by atoms with Crippen LogP contribution in [-0.4, -0.2) is 49.4 Å². The van der Waals surface area contributed by atoms with Crippen molar-refractivity contribution in [3.05, 3.63) is 12.2 Å². The molecule has 2 unspecified atom stereocenters. The van der Waals surface area contributed by atoms with Crippen molar-refractivity contribution in [3.63, 3.8) is 0 Å². The van der Waals surface area contributed by atoms with E-state index in [4.69, 9.17) is 0 Å². The zero-order valence-corrected chi connectivity index (χ0v) is 12.3. The summed E-state index contributed by atoms with van der Waals surface area (Å²) in [6, 6.07) is -1.11. The minimum Gasteiger partial charge on any atom is -0.480 e. The van der Waals surface area contributed by atoms with Gasteiger partial charge in [0.2, 0.25) is 0 Å². The average molecular weight is 295 g/mol. The molecule has 8 nitrogen and oxygen atoms in total. The Morgan fingerprint density at radius 1 is 1.52 bits per heavy atom. The summed E-state index contributed by atoms with van der Waals surface area (Å²) in [6.45, 7) is 5.39. The maximum atomic E-state index is 12.2. The molecular weight excluding hydrogens is 274 g/mol. The Morgan fingerprint density at radius 3 is 2.95 bits per heavy atom. The van der Waals surface area contributed by atoms with Crippen molar-refractivity contribution in [1.82, 2.24) is 25.0 Å². The maximum absolute atomic E-state index is 12.2. The van der Waals surface area contributed by atoms with Gasteiger partial charge in [-0.25, -0.2) is 9.59 Å². The Labute approximate surface area is 123 Å². The molecule has 1 aliphatic heterocycles. The number of aliphatic carboxylic acids is 1. The van der Waals surface area contributed by atoms with E-state index in [0.717, 1.165) is 13.0 Å². The molecule has 21 heavy (non-hydrogen) atoms. The molecule has 0 saturated carbocycles. The lowest BCUT2D eigenvalue weighted by Crippen LogP contribution is -2.53. The molecule has 1 aliphatic rings. The number of aromatic nitrogens is 3. The number of piperidine rings is 1. The van der Waals surface area contributed by atoms with E-state index in [2.05, 4.69) is 15.5 Å². The van der Waals surface area contributed by atoms with Gasteiger partial charge < -0.3 is 19.9 Å². The second kappa shape index (κ2) is 6.55. The summed E-state index contributed by atoms with van der Waals surface area (Å²) in [5.41, 5.74) is 0. The summed E-state index contributed by atoms with van der Waals surface area (Å²) in [5, 5.41) is 19.7. The zero-order valence-electron chi connectivity index (χ0n) is 12.3. The SMILES string of the molecule is CCn1cnnc1CNC(=O)N1CCC(C)CC1C(=O)O. The molecule has 0 bridgehead atoms. The molecule has 2 rings (SSSR count). The van der Waals surface area contributed by atoms with Crippen molar-refractivity contribution in [2.75, 3.05) is 6.54 Å². The van der Waals surface area contributed by atoms with Crippen LogP contribution in [0, 0.1) is 5.92 Å². The number of nitrogens with zero attached hydrogens (tertiary/aromatic N) is 4. The molecule has 2 atom stereocenters. The number of carbonyl (C=O) groups is 2. The van der Waals surface area contributed by atoms with Crippen LogP contribution >= 0.6 is 0 Å². The van der Waals surface area contributed by atoms with Crippen LogP contribution in [0.2, 0.25) is 0 Å². The summed E-state index contributed by atoms with van der Waals surface area (Å²) in [5.74, 6) is 0.0230. The Morgan fingerprint density at radius 2 is 2.29 bits per heavy atom. The van der Waals surface area contributed by atoms with Crippen molar-refractivity contribution in [2.24, 2.45) is 5.92 Å². The van der Waals surface area contributed by atoms with Gasteiger partial charge in [-0.2, -0.15) is 0 Å². The molecule has 2 N–H and O–H groups in total. The van der Waals surface area contributed by atoms with Crippen molar-refractivity contribution in [3.8, 4) is 0 Å². The lowest BCUT2D eigenvalue weighted by atomic mass is 9.93. The number of carbonyl (C=O) groups excluding carboxylic acids is 1. The number of amides is 2. The first-order valence-corrected chi connectivity index (χ1v) is 7.16. The van der Waals surface area contributed by atoms with E-state index in [0.29, 0.717) is 24.7 Å². The van der Waals surface area contributed by atoms with Gasteiger partial charge in [-0.05, 0) is 25.7 Å². The Kier molecular flexibility index (Phi) is 4.77. The van der Waals surface area contributed by atoms with E-state index in [1.165, 1.54) is 4.90 Å². The van der Waals surface area contributed by atoms with E-state index >= 15 is 0 Å². The van der Waals surface area contributed by atoms with Crippen molar-refractivity contribution >= 4 is 12.0 Å². The number of hydrogen-bond acceptors (Lipinski definition) is 4. The molecule has 1 saturated heterocycles. The second-order valence-corrected chi connectivity index (χ2v) is 5.37. The number of carboxylic acids is 1. The van der Waals surface area contributed by atoms with Gasteiger partial charge in [-0.3, -0.25) is 0 Å². The van der Waals surface area contributed by atoms with E-state index in [1.807, 2.05) is 18.4 Å². The lowest BCUT2D eigenvalue weighted by Gasteiger charge is -2.35. The largest absolute Gasteiger partial charge is 0.480 e. The molecular formula is C13H21N5O3. The first-order chi connectivity index (χ1) is 10.0. The van der Waals surface area contributed by atoms with E-state index in [9.17, 15) is 14.7 Å². The number of carboxylic acid groups (broad SMARTS) is 1. The molecule has 0 aliphatic carbocycles. The fraction of sp³-hybridized carbons (Fsp3) is 0.692. The quantitative estimate of drug-likeness (QED) is 0.851. The first-order valence-electron chi connectivity index (χ1n) is 7.16. The van der Waals surface area contributed by atoms with Crippen LogP contribution in [0.3, 0.4) is 0 Å². The third-order valence-corrected chi connectivity index (χ3v) is 3.84. The number of nitrogens with one attached hydrogen (secondary N) is 1. The van der Waals surface area contributed by atoms with Gasteiger partial charge in [0.05, 0.1) is 6.54 Å². The third-order valence-electron chi connectivity index (χ3n) is 3.84. The molecule has 2 amide bonds. The van der Waals surface area contributed by atoms with Crippen LogP contribution < -0.4 is 5.32 Å². The molecule has 1 aromatic rings. The van der Waals surface area contributed by atoms with Crippen LogP contribution in [-0.2, 0) is 17.9 Å². The maximum Gasteiger partial charge on any atom is 0.326 e. The highest BCUT2D eigenvalue weighted by atomic mass is 16.4. The number of aryl methyl sites for hydroxylation is 1. The monoisotopic (exact) mass is 295 g/mol. The fourth-order valence-corrected chi connectivity index (χ4v) is 2.55. The van der Waals surface area contributed by atoms with Gasteiger partial charge in [-0.1, -0.05) is 6.92 Å². The molecule has 0 spiro atoms. The van der Waals surface area contributed by atoms with Gasteiger partial charge in [0.25, 0.3) is 0 Å². The summed E-state index contributed by atoms with van der Waals surface area (Å²) in [4.78, 5) is 24.9. The van der Waals surface area contributed by atoms with Gasteiger partial charge in [0.1, 0.15) is 12.4 Å². The summed E-state index contributed by atoms with van der Waals surface area (Å²) in [6.07, 6.45) is 2.92. The minimum absolute atomic E-state index is 0.241. The molecule has 116 valence electrons. The predicted molar refractivity (Wildman–Crippen MR) is 74.5 cm³/mol. The fourth-order valence-electron chi connectivity index (χ4n) is 2.55. The number of hydrogen-bond donors (Lipinski definition) is 2. The van der Waals surface area contributed by atoms with Crippen LogP contribution in [0.1, 0.15) is 32.5 Å². The summed E-state index contributed by atoms with van der Waals surface area (Å²) in [7, 11) is 0. The Hall–Kier alpha value is -2.12. The topological polar surface area (TPSA) is 100 Å². The predicted octanol–water partition coefficient (Wildman–Crippen LogP) is 0.693. The van der Waals surface area contributed by atoms with Crippen LogP contribution in [0.15, 0.2) is 6.33 Å². The van der Waals surface area contributed by atoms with Gasteiger partial charge in [-0.15, -0.1) is 10.2 Å². The molecule has 1 aromatic heterocycles. The normalized spacial score (nSPS) is 22.1. The molecule has 1 fully saturated rings. The van der Waals surface area contributed by atoms with E-state index < -0.39 is 12.0 Å². The molecule has 0 radical (unpaired) electrons. The average Bonchev–Trinajstić information content (AvgIpc) is 2.92. The Bertz CT molecular complexity index is 516. The number of rotatable bonds is 4. The number of likely N-dealkylation sites (tertiary alicyclic amines) is 1. The Balaban J connectivity index is 1.97. The highest BCUT2D eigenvalue weighted by Crippen LogP contribution is 2.22. The highest BCUT2D eigenvalue weighted by Gasteiger charge is 2.34. The lowest BCUT2D eigenvalue weighted by molar-refractivity contribution is -0.143. The van der Waals surface area contributed by atoms with Gasteiger partial charge in [0, 0.05) is 13.1 Å². The number of urea groups is 1. The van der Waals surface area contributed by atoms with Crippen molar-refractivity contribution in [1.29, 1.82) is 0 Å². The smallest absolute Gasteiger partial charge is 0.326 e. The summed E-state index contributed by atoms with van der Waals surface area (Å²) < 4.78 is 1.83. The van der Waals surface area contributed by atoms with E-state index in [-0.39, 0.29) is 12.6 Å². The standard InChI is InChI=1S/C13H21N5O3/c1-3-17-8-15-16-11(17)7-14-13(21)18-5-4-9(2)6-10(18)12(19)20/h8-10H,3-7H2,1-2H3,(H,14,21)(H,19,20). The third kappa shape index (κ3) is 3.50. The minimum atomic E-state index is -0.951. The van der Waals surface area contributed by atoms with Crippen LogP contribution in [0.4, 0.5) is 4.79 Å². The molecule has 2 heterocycles. The second-order valence-electron chi connectivity index (χ2n) is 5.37. The highest BCUT2D eigenvalue weighted by molar-refractivity contribution is 5.82. The molecule has 8 heteroatoms. The van der Waals surface area contributed by atoms with Crippen LogP contribution in [0.5, 0.6) is 0 Å². The van der Waals surface area contributed by atoms with Crippen LogP contribution in [0.25, 0.3) is 0 Å². The first kappa shape index (κ1) is 15.3. The summed E-state index contributed by atoms with van der Waals surface area (Å²) >= 11 is 0. The zero-order chi connectivity index (χ0) is 15.4. The van der Waals surface area contributed by atoms with E-state index in [1.54, 1.807) is 6.33 Å². The van der Waals surface area contributed by atoms with Gasteiger partial charge in [0.15, 0.2) is 5.82 Å². The van der Waals surface area contributed by atoms with Crippen molar-refractivity contribution in [2.45, 2.75) is 45.8 Å².